The fourth-order valence-electron chi connectivity index (χ4n) is 2.13. The minimum Gasteiger partial charge on any atom is -0.444 e. The molecule has 0 amide bonds. The van der Waals surface area contributed by atoms with Crippen molar-refractivity contribution in [2.75, 3.05) is 6.61 Å². The lowest BCUT2D eigenvalue weighted by Crippen LogP contribution is -2.32. The van der Waals surface area contributed by atoms with Gasteiger partial charge in [0.05, 0.1) is 18.3 Å². The molecule has 0 aromatic carbocycles. The lowest BCUT2D eigenvalue weighted by Gasteiger charge is -2.34. The van der Waals surface area contributed by atoms with E-state index in [2.05, 4.69) is 4.98 Å². The molecule has 0 radical (unpaired) electrons. The van der Waals surface area contributed by atoms with Crippen LogP contribution in [0.25, 0.3) is 0 Å². The number of nitrogens with two attached hydrogens (primary N) is 1. The first-order valence-corrected chi connectivity index (χ1v) is 6.00. The van der Waals surface area contributed by atoms with Crippen molar-refractivity contribution >= 4 is 0 Å². The number of ether oxygens (including phenoxy) is 1. The Balaban J connectivity index is 1.78. The van der Waals surface area contributed by atoms with Crippen molar-refractivity contribution in [1.29, 1.82) is 0 Å². The van der Waals surface area contributed by atoms with Crippen LogP contribution in [0.4, 0.5) is 0 Å². The number of rotatable bonds is 5. The number of hydrogen-bond acceptors (Lipinski definition) is 4. The monoisotopic (exact) mass is 224 g/mol. The van der Waals surface area contributed by atoms with E-state index in [4.69, 9.17) is 14.9 Å². The third kappa shape index (κ3) is 2.62. The molecule has 1 aromatic rings. The van der Waals surface area contributed by atoms with Gasteiger partial charge in [-0.15, -0.1) is 0 Å². The topological polar surface area (TPSA) is 61.3 Å². The molecule has 1 saturated carbocycles. The van der Waals surface area contributed by atoms with E-state index in [1.807, 2.05) is 13.8 Å². The van der Waals surface area contributed by atoms with Crippen molar-refractivity contribution in [2.24, 2.45) is 11.7 Å². The van der Waals surface area contributed by atoms with Gasteiger partial charge in [0.1, 0.15) is 5.76 Å². The first-order chi connectivity index (χ1) is 7.69. The van der Waals surface area contributed by atoms with Crippen LogP contribution < -0.4 is 5.73 Å². The van der Waals surface area contributed by atoms with E-state index in [1.54, 1.807) is 6.20 Å². The van der Waals surface area contributed by atoms with E-state index in [9.17, 15) is 0 Å². The van der Waals surface area contributed by atoms with Crippen LogP contribution in [0.2, 0.25) is 0 Å². The summed E-state index contributed by atoms with van der Waals surface area (Å²) in [5.41, 5.74) is 5.69. The second-order valence-electron chi connectivity index (χ2n) is 4.57. The lowest BCUT2D eigenvalue weighted by molar-refractivity contribution is -0.0252. The predicted molar refractivity (Wildman–Crippen MR) is 60.9 cm³/mol. The molecule has 4 heteroatoms. The molecule has 1 aliphatic rings. The molecule has 90 valence electrons. The van der Waals surface area contributed by atoms with Gasteiger partial charge in [0.15, 0.2) is 0 Å². The van der Waals surface area contributed by atoms with Crippen LogP contribution in [-0.2, 0) is 11.2 Å². The van der Waals surface area contributed by atoms with E-state index >= 15 is 0 Å². The van der Waals surface area contributed by atoms with Gasteiger partial charge in [-0.3, -0.25) is 0 Å². The summed E-state index contributed by atoms with van der Waals surface area (Å²) in [7, 11) is 0. The molecule has 16 heavy (non-hydrogen) atoms. The largest absolute Gasteiger partial charge is 0.444 e. The van der Waals surface area contributed by atoms with E-state index in [-0.39, 0.29) is 6.04 Å². The normalized spacial score (nSPS) is 26.4. The highest BCUT2D eigenvalue weighted by Crippen LogP contribution is 2.33. The Labute approximate surface area is 96.2 Å². The SMILES string of the molecule is CCOC1CC(Cc2cnc(C(C)N)o2)C1. The van der Waals surface area contributed by atoms with Gasteiger partial charge in [0.25, 0.3) is 0 Å². The lowest BCUT2D eigenvalue weighted by atomic mass is 9.79. The number of aromatic nitrogens is 1. The van der Waals surface area contributed by atoms with E-state index in [0.717, 1.165) is 31.6 Å². The van der Waals surface area contributed by atoms with Crippen molar-refractivity contribution in [3.05, 3.63) is 17.8 Å². The minimum absolute atomic E-state index is 0.119. The van der Waals surface area contributed by atoms with Gasteiger partial charge in [-0.25, -0.2) is 4.98 Å². The molecular formula is C12H20N2O2. The summed E-state index contributed by atoms with van der Waals surface area (Å²) < 4.78 is 11.1. The zero-order chi connectivity index (χ0) is 11.5. The molecule has 4 nitrogen and oxygen atoms in total. The van der Waals surface area contributed by atoms with Crippen LogP contribution in [0, 0.1) is 5.92 Å². The Morgan fingerprint density at radius 2 is 2.38 bits per heavy atom. The maximum atomic E-state index is 5.69. The molecule has 1 fully saturated rings. The van der Waals surface area contributed by atoms with Crippen LogP contribution in [0.3, 0.4) is 0 Å². The second kappa shape index (κ2) is 4.97. The average molecular weight is 224 g/mol. The Morgan fingerprint density at radius 3 is 2.94 bits per heavy atom. The van der Waals surface area contributed by atoms with Gasteiger partial charge < -0.3 is 14.9 Å². The number of hydrogen-bond donors (Lipinski definition) is 1. The van der Waals surface area contributed by atoms with Gasteiger partial charge in [-0.2, -0.15) is 0 Å². The number of nitrogens with zero attached hydrogens (tertiary/aromatic N) is 1. The average Bonchev–Trinajstić information content (AvgIpc) is 2.63. The van der Waals surface area contributed by atoms with Crippen molar-refractivity contribution in [1.82, 2.24) is 4.98 Å². The standard InChI is InChI=1S/C12H20N2O2/c1-3-15-10-4-9(5-10)6-11-7-14-12(16-11)8(2)13/h7-10H,3-6,13H2,1-2H3. The van der Waals surface area contributed by atoms with E-state index in [1.165, 1.54) is 0 Å². The minimum atomic E-state index is -0.119. The first-order valence-electron chi connectivity index (χ1n) is 6.00. The fraction of sp³-hybridized carbons (Fsp3) is 0.750. The van der Waals surface area contributed by atoms with Gasteiger partial charge in [-0.1, -0.05) is 0 Å². The summed E-state index contributed by atoms with van der Waals surface area (Å²) in [4.78, 5) is 4.16. The van der Waals surface area contributed by atoms with Crippen LogP contribution in [0.5, 0.6) is 0 Å². The van der Waals surface area contributed by atoms with Crippen molar-refractivity contribution in [3.63, 3.8) is 0 Å². The van der Waals surface area contributed by atoms with Crippen LogP contribution in [0.15, 0.2) is 10.6 Å². The summed E-state index contributed by atoms with van der Waals surface area (Å²) in [5, 5.41) is 0. The Bertz CT molecular complexity index is 330. The smallest absolute Gasteiger partial charge is 0.210 e. The second-order valence-corrected chi connectivity index (χ2v) is 4.57. The highest BCUT2D eigenvalue weighted by atomic mass is 16.5. The third-order valence-electron chi connectivity index (χ3n) is 3.05. The van der Waals surface area contributed by atoms with E-state index < -0.39 is 0 Å². The quantitative estimate of drug-likeness (QED) is 0.831. The molecule has 0 aliphatic heterocycles. The third-order valence-corrected chi connectivity index (χ3v) is 3.05. The predicted octanol–water partition coefficient (Wildman–Crippen LogP) is 2.05. The van der Waals surface area contributed by atoms with Crippen molar-refractivity contribution < 1.29 is 9.15 Å². The van der Waals surface area contributed by atoms with E-state index in [0.29, 0.717) is 17.9 Å². The Kier molecular flexibility index (Phi) is 3.61. The Morgan fingerprint density at radius 1 is 1.62 bits per heavy atom. The van der Waals surface area contributed by atoms with Crippen LogP contribution in [-0.4, -0.2) is 17.7 Å². The van der Waals surface area contributed by atoms with Gasteiger partial charge in [0, 0.05) is 13.0 Å². The highest BCUT2D eigenvalue weighted by molar-refractivity contribution is 5.00. The molecule has 1 unspecified atom stereocenters. The first kappa shape index (κ1) is 11.6. The van der Waals surface area contributed by atoms with Gasteiger partial charge >= 0.3 is 0 Å². The zero-order valence-electron chi connectivity index (χ0n) is 9.98. The van der Waals surface area contributed by atoms with Gasteiger partial charge in [0.2, 0.25) is 5.89 Å². The highest BCUT2D eigenvalue weighted by Gasteiger charge is 2.30. The van der Waals surface area contributed by atoms with Crippen LogP contribution in [0.1, 0.15) is 44.4 Å². The molecule has 0 spiro atoms. The van der Waals surface area contributed by atoms with Crippen LogP contribution >= 0.6 is 0 Å². The summed E-state index contributed by atoms with van der Waals surface area (Å²) in [6.07, 6.45) is 5.51. The molecule has 1 atom stereocenters. The molecule has 1 aromatic heterocycles. The molecule has 2 rings (SSSR count). The zero-order valence-corrected chi connectivity index (χ0v) is 9.98. The molecule has 1 aliphatic carbocycles. The summed E-state index contributed by atoms with van der Waals surface area (Å²) >= 11 is 0. The molecular weight excluding hydrogens is 204 g/mol. The maximum absolute atomic E-state index is 5.69. The summed E-state index contributed by atoms with van der Waals surface area (Å²) in [6.45, 7) is 4.73. The van der Waals surface area contributed by atoms with Crippen molar-refractivity contribution in [2.45, 2.75) is 45.3 Å². The fourth-order valence-corrected chi connectivity index (χ4v) is 2.13. The summed E-state index contributed by atoms with van der Waals surface area (Å²) in [6, 6.07) is -0.119. The van der Waals surface area contributed by atoms with Gasteiger partial charge in [-0.05, 0) is 32.6 Å². The maximum Gasteiger partial charge on any atom is 0.210 e. The molecule has 0 saturated heterocycles. The summed E-state index contributed by atoms with van der Waals surface area (Å²) in [5.74, 6) is 2.27. The van der Waals surface area contributed by atoms with Crippen molar-refractivity contribution in [3.8, 4) is 0 Å². The molecule has 2 N–H and O–H groups in total. The molecule has 0 bridgehead atoms. The Hall–Kier alpha value is -0.870. The molecule has 1 heterocycles. The number of oxazole rings is 1.